The van der Waals surface area contributed by atoms with E-state index in [-0.39, 0.29) is 4.83 Å². The maximum absolute atomic E-state index is 6.13. The molecule has 1 unspecified atom stereocenters. The largest absolute Gasteiger partial charge is 0.265 e. The Bertz CT molecular complexity index is 499. The molecule has 2 aromatic rings. The zero-order valence-corrected chi connectivity index (χ0v) is 11.9. The van der Waals surface area contributed by atoms with Crippen molar-refractivity contribution in [2.75, 3.05) is 0 Å². The molecule has 0 N–H and O–H groups in total. The second kappa shape index (κ2) is 5.65. The standard InChI is InChI=1S/C14H13BrClN/c1-10-12(3-2-4-14(10)16)13(15)9-11-5-7-17-8-6-11/h2-8,13H,9H2,1H3. The predicted octanol–water partition coefficient (Wildman–Crippen LogP) is 4.72. The monoisotopic (exact) mass is 309 g/mol. The molecule has 0 amide bonds. The lowest BCUT2D eigenvalue weighted by molar-refractivity contribution is 0.934. The summed E-state index contributed by atoms with van der Waals surface area (Å²) < 4.78 is 0. The first kappa shape index (κ1) is 12.6. The molecule has 0 aliphatic carbocycles. The van der Waals surface area contributed by atoms with Crippen molar-refractivity contribution in [1.82, 2.24) is 4.98 Å². The van der Waals surface area contributed by atoms with Crippen LogP contribution in [0.1, 0.15) is 21.5 Å². The van der Waals surface area contributed by atoms with E-state index in [0.29, 0.717) is 0 Å². The smallest absolute Gasteiger partial charge is 0.0438 e. The van der Waals surface area contributed by atoms with E-state index in [4.69, 9.17) is 11.6 Å². The Labute approximate surface area is 115 Å². The molecule has 0 bridgehead atoms. The van der Waals surface area contributed by atoms with Crippen molar-refractivity contribution in [2.24, 2.45) is 0 Å². The zero-order valence-electron chi connectivity index (χ0n) is 9.53. The summed E-state index contributed by atoms with van der Waals surface area (Å²) in [4.78, 5) is 4.30. The SMILES string of the molecule is Cc1c(Cl)cccc1C(Br)Cc1ccncc1. The van der Waals surface area contributed by atoms with E-state index in [2.05, 4.69) is 33.9 Å². The van der Waals surface area contributed by atoms with Crippen LogP contribution in [-0.4, -0.2) is 4.98 Å². The minimum absolute atomic E-state index is 0.281. The maximum Gasteiger partial charge on any atom is 0.0438 e. The summed E-state index contributed by atoms with van der Waals surface area (Å²) >= 11 is 9.86. The molecule has 0 radical (unpaired) electrons. The first-order valence-electron chi connectivity index (χ1n) is 5.46. The lowest BCUT2D eigenvalue weighted by atomic mass is 10.0. The molecule has 17 heavy (non-hydrogen) atoms. The zero-order chi connectivity index (χ0) is 12.3. The van der Waals surface area contributed by atoms with Crippen molar-refractivity contribution in [3.8, 4) is 0 Å². The molecule has 88 valence electrons. The highest BCUT2D eigenvalue weighted by molar-refractivity contribution is 9.09. The van der Waals surface area contributed by atoms with Gasteiger partial charge in [-0.3, -0.25) is 4.98 Å². The van der Waals surface area contributed by atoms with E-state index in [0.717, 1.165) is 17.0 Å². The Morgan fingerprint density at radius 2 is 1.94 bits per heavy atom. The summed E-state index contributed by atoms with van der Waals surface area (Å²) in [6.07, 6.45) is 4.57. The molecule has 1 aromatic carbocycles. The molecule has 2 rings (SSSR count). The average Bonchev–Trinajstić information content (AvgIpc) is 2.34. The topological polar surface area (TPSA) is 12.9 Å². The predicted molar refractivity (Wildman–Crippen MR) is 75.8 cm³/mol. The number of rotatable bonds is 3. The van der Waals surface area contributed by atoms with Gasteiger partial charge >= 0.3 is 0 Å². The normalized spacial score (nSPS) is 12.4. The highest BCUT2D eigenvalue weighted by Gasteiger charge is 2.12. The summed E-state index contributed by atoms with van der Waals surface area (Å²) in [5.41, 5.74) is 3.65. The van der Waals surface area contributed by atoms with E-state index in [1.54, 1.807) is 0 Å². The first-order valence-corrected chi connectivity index (χ1v) is 6.76. The van der Waals surface area contributed by atoms with Gasteiger partial charge in [0.05, 0.1) is 0 Å². The van der Waals surface area contributed by atoms with Crippen LogP contribution in [0.25, 0.3) is 0 Å². The number of aromatic nitrogens is 1. The van der Waals surface area contributed by atoms with Crippen molar-refractivity contribution < 1.29 is 0 Å². The Morgan fingerprint density at radius 3 is 2.65 bits per heavy atom. The van der Waals surface area contributed by atoms with Gasteiger partial charge in [-0.05, 0) is 48.2 Å². The van der Waals surface area contributed by atoms with Gasteiger partial charge in [-0.15, -0.1) is 0 Å². The van der Waals surface area contributed by atoms with E-state index < -0.39 is 0 Å². The first-order chi connectivity index (χ1) is 8.18. The van der Waals surface area contributed by atoms with Gasteiger partial charge in [0.15, 0.2) is 0 Å². The molecule has 0 spiro atoms. The summed E-state index contributed by atoms with van der Waals surface area (Å²) in [6, 6.07) is 10.1. The molecule has 0 aliphatic rings. The summed E-state index contributed by atoms with van der Waals surface area (Å²) in [5, 5.41) is 0.821. The van der Waals surface area contributed by atoms with Gasteiger partial charge in [-0.1, -0.05) is 39.7 Å². The molecule has 1 heterocycles. The van der Waals surface area contributed by atoms with Crippen LogP contribution in [0.2, 0.25) is 5.02 Å². The number of nitrogens with zero attached hydrogens (tertiary/aromatic N) is 1. The molecule has 0 fully saturated rings. The highest BCUT2D eigenvalue weighted by atomic mass is 79.9. The summed E-state index contributed by atoms with van der Waals surface area (Å²) in [5.74, 6) is 0. The van der Waals surface area contributed by atoms with Gasteiger partial charge < -0.3 is 0 Å². The van der Waals surface area contributed by atoms with Crippen molar-refractivity contribution in [1.29, 1.82) is 0 Å². The van der Waals surface area contributed by atoms with E-state index in [1.165, 1.54) is 11.1 Å². The van der Waals surface area contributed by atoms with Crippen LogP contribution >= 0.6 is 27.5 Å². The third-order valence-electron chi connectivity index (χ3n) is 2.81. The minimum atomic E-state index is 0.281. The van der Waals surface area contributed by atoms with Gasteiger partial charge in [0.25, 0.3) is 0 Å². The quantitative estimate of drug-likeness (QED) is 0.747. The number of alkyl halides is 1. The van der Waals surface area contributed by atoms with Crippen LogP contribution in [-0.2, 0) is 6.42 Å². The Morgan fingerprint density at radius 1 is 1.24 bits per heavy atom. The third kappa shape index (κ3) is 3.08. The van der Waals surface area contributed by atoms with Crippen molar-refractivity contribution in [3.05, 3.63) is 64.4 Å². The minimum Gasteiger partial charge on any atom is -0.265 e. The van der Waals surface area contributed by atoms with Gasteiger partial charge in [0.1, 0.15) is 0 Å². The summed E-state index contributed by atoms with van der Waals surface area (Å²) in [7, 11) is 0. The highest BCUT2D eigenvalue weighted by Crippen LogP contribution is 2.32. The van der Waals surface area contributed by atoms with Gasteiger partial charge in [0, 0.05) is 22.2 Å². The van der Waals surface area contributed by atoms with Crippen molar-refractivity contribution >= 4 is 27.5 Å². The van der Waals surface area contributed by atoms with Crippen LogP contribution in [0, 0.1) is 6.92 Å². The third-order valence-corrected chi connectivity index (χ3v) is 4.04. The van der Waals surface area contributed by atoms with Gasteiger partial charge in [-0.2, -0.15) is 0 Å². The molecule has 0 saturated heterocycles. The molecular weight excluding hydrogens is 298 g/mol. The second-order valence-corrected chi connectivity index (χ2v) is 5.49. The molecule has 1 nitrogen and oxygen atoms in total. The van der Waals surface area contributed by atoms with Crippen LogP contribution in [0.15, 0.2) is 42.7 Å². The van der Waals surface area contributed by atoms with Crippen LogP contribution in [0.3, 0.4) is 0 Å². The maximum atomic E-state index is 6.13. The second-order valence-electron chi connectivity index (χ2n) is 3.98. The Kier molecular flexibility index (Phi) is 4.19. The number of halogens is 2. The summed E-state index contributed by atoms with van der Waals surface area (Å²) in [6.45, 7) is 2.05. The number of benzene rings is 1. The molecule has 1 aromatic heterocycles. The fourth-order valence-corrected chi connectivity index (χ4v) is 2.85. The fraction of sp³-hybridized carbons (Fsp3) is 0.214. The van der Waals surface area contributed by atoms with Crippen molar-refractivity contribution in [3.63, 3.8) is 0 Å². The van der Waals surface area contributed by atoms with E-state index in [9.17, 15) is 0 Å². The lowest BCUT2D eigenvalue weighted by Gasteiger charge is -2.14. The Balaban J connectivity index is 2.20. The number of hydrogen-bond acceptors (Lipinski definition) is 1. The van der Waals surface area contributed by atoms with Crippen molar-refractivity contribution in [2.45, 2.75) is 18.2 Å². The average molecular weight is 311 g/mol. The number of pyridine rings is 1. The van der Waals surface area contributed by atoms with Gasteiger partial charge in [-0.25, -0.2) is 0 Å². The molecular formula is C14H13BrClN. The Hall–Kier alpha value is -0.860. The fourth-order valence-electron chi connectivity index (χ4n) is 1.80. The molecule has 1 atom stereocenters. The van der Waals surface area contributed by atoms with Crippen LogP contribution in [0.4, 0.5) is 0 Å². The molecule has 3 heteroatoms. The molecule has 0 saturated carbocycles. The number of hydrogen-bond donors (Lipinski definition) is 0. The van der Waals surface area contributed by atoms with E-state index >= 15 is 0 Å². The van der Waals surface area contributed by atoms with Crippen LogP contribution < -0.4 is 0 Å². The van der Waals surface area contributed by atoms with E-state index in [1.807, 2.05) is 36.7 Å². The van der Waals surface area contributed by atoms with Crippen LogP contribution in [0.5, 0.6) is 0 Å². The molecule has 0 aliphatic heterocycles. The van der Waals surface area contributed by atoms with Gasteiger partial charge in [0.2, 0.25) is 0 Å². The lowest BCUT2D eigenvalue weighted by Crippen LogP contribution is -1.98.